The summed E-state index contributed by atoms with van der Waals surface area (Å²) in [5.41, 5.74) is -3.21. The summed E-state index contributed by atoms with van der Waals surface area (Å²) in [6, 6.07) is 2.21. The highest BCUT2D eigenvalue weighted by Gasteiger charge is 2.27. The van der Waals surface area contributed by atoms with Crippen molar-refractivity contribution >= 4 is 40.6 Å². The lowest BCUT2D eigenvalue weighted by atomic mass is 10.1. The third-order valence-corrected chi connectivity index (χ3v) is 6.98. The molecule has 0 aliphatic rings. The molecule has 0 aromatic carbocycles. The molecule has 0 saturated carbocycles. The Bertz CT molecular complexity index is 275. The molecule has 3 nitrogen and oxygen atoms in total. The summed E-state index contributed by atoms with van der Waals surface area (Å²) in [5.74, 6) is 0. The molecule has 0 spiro atoms. The van der Waals surface area contributed by atoms with Gasteiger partial charge in [0, 0.05) is 0 Å². The number of hydrogen-bond acceptors (Lipinski definition) is 4. The van der Waals surface area contributed by atoms with Gasteiger partial charge in [-0.05, 0) is 32.1 Å². The second kappa shape index (κ2) is 5.74. The van der Waals surface area contributed by atoms with Crippen LogP contribution in [0.3, 0.4) is 0 Å². The Kier molecular flexibility index (Phi) is 6.05. The molecule has 0 aromatic heterocycles. The van der Waals surface area contributed by atoms with Crippen molar-refractivity contribution in [1.82, 2.24) is 0 Å². The van der Waals surface area contributed by atoms with Gasteiger partial charge in [0.25, 0.3) is 0 Å². The fourth-order valence-corrected chi connectivity index (χ4v) is 7.20. The Morgan fingerprint density at radius 2 is 2.14 bits per heavy atom. The molecule has 0 amide bonds. The largest absolute Gasteiger partial charge is 0.338 e. The van der Waals surface area contributed by atoms with Gasteiger partial charge in [-0.3, -0.25) is 0 Å². The zero-order chi connectivity index (χ0) is 11.4. The quantitative estimate of drug-likeness (QED) is 0.592. The topological polar surface area (TPSA) is 64.2 Å². The van der Waals surface area contributed by atoms with Crippen LogP contribution in [-0.2, 0) is 11.8 Å². The van der Waals surface area contributed by atoms with Crippen molar-refractivity contribution in [3.63, 3.8) is 0 Å². The first kappa shape index (κ1) is 14.8. The first-order chi connectivity index (χ1) is 6.22. The van der Waals surface area contributed by atoms with Gasteiger partial charge in [-0.25, -0.2) is 0 Å². The Morgan fingerprint density at radius 3 is 2.43 bits per heavy atom. The van der Waals surface area contributed by atoms with Gasteiger partial charge >= 0.3 is 0 Å². The van der Waals surface area contributed by atoms with Crippen LogP contribution in [0.4, 0.5) is 0 Å². The molecule has 0 fully saturated rings. The molecular formula is C7H14NO2PS3. The predicted octanol–water partition coefficient (Wildman–Crippen LogP) is 2.70. The summed E-state index contributed by atoms with van der Waals surface area (Å²) < 4.78 is -0.558. The van der Waals surface area contributed by atoms with Crippen molar-refractivity contribution < 1.29 is 9.79 Å². The van der Waals surface area contributed by atoms with Gasteiger partial charge in [0.1, 0.15) is 4.75 Å². The van der Waals surface area contributed by atoms with Crippen LogP contribution < -0.4 is 0 Å². The Morgan fingerprint density at radius 1 is 1.64 bits per heavy atom. The average molecular weight is 271 g/mol. The first-order valence-electron chi connectivity index (χ1n) is 4.05. The molecule has 0 saturated heterocycles. The third-order valence-electron chi connectivity index (χ3n) is 1.62. The molecule has 7 heteroatoms. The highest BCUT2D eigenvalue weighted by atomic mass is 32.9. The van der Waals surface area contributed by atoms with E-state index in [9.17, 15) is 0 Å². The summed E-state index contributed by atoms with van der Waals surface area (Å²) in [7, 11) is 0. The SMILES string of the molecule is CCC(C)(C#N)SC(C)SP(O)(O)=S. The molecule has 2 atom stereocenters. The van der Waals surface area contributed by atoms with Gasteiger partial charge in [0.15, 0.2) is 0 Å². The second-order valence-corrected chi connectivity index (χ2v) is 11.4. The fourth-order valence-electron chi connectivity index (χ4n) is 0.770. The molecule has 0 radical (unpaired) electrons. The van der Waals surface area contributed by atoms with Gasteiger partial charge in [0.2, 0.25) is 5.69 Å². The number of nitriles is 1. The molecule has 0 rings (SSSR count). The summed E-state index contributed by atoms with van der Waals surface area (Å²) in [6.07, 6.45) is 0.721. The van der Waals surface area contributed by atoms with E-state index in [1.54, 1.807) is 0 Å². The molecule has 2 unspecified atom stereocenters. The van der Waals surface area contributed by atoms with E-state index >= 15 is 0 Å². The van der Waals surface area contributed by atoms with Crippen LogP contribution in [-0.4, -0.2) is 19.1 Å². The van der Waals surface area contributed by atoms with E-state index in [0.29, 0.717) is 0 Å². The van der Waals surface area contributed by atoms with Crippen LogP contribution in [0, 0.1) is 11.3 Å². The van der Waals surface area contributed by atoms with Crippen molar-refractivity contribution in [3.8, 4) is 6.07 Å². The lowest BCUT2D eigenvalue weighted by Crippen LogP contribution is -2.18. The van der Waals surface area contributed by atoms with E-state index < -0.39 is 10.4 Å². The van der Waals surface area contributed by atoms with Gasteiger partial charge < -0.3 is 9.79 Å². The zero-order valence-electron chi connectivity index (χ0n) is 8.30. The fraction of sp³-hybridized carbons (Fsp3) is 0.857. The standard InChI is InChI=1S/C7H14NO2PS3/c1-4-7(3,5-8)13-6(2)14-11(9,10)12/h6H,4H2,1-3H3,(H2,9,10,12). The number of thioether (sulfide) groups is 1. The van der Waals surface area contributed by atoms with E-state index in [2.05, 4.69) is 17.9 Å². The van der Waals surface area contributed by atoms with Crippen LogP contribution in [0.5, 0.6) is 0 Å². The van der Waals surface area contributed by atoms with Crippen LogP contribution in [0.1, 0.15) is 27.2 Å². The highest BCUT2D eigenvalue weighted by molar-refractivity contribution is 8.69. The molecule has 82 valence electrons. The van der Waals surface area contributed by atoms with Crippen molar-refractivity contribution in [1.29, 1.82) is 5.26 Å². The average Bonchev–Trinajstić information content (AvgIpc) is 2.00. The summed E-state index contributed by atoms with van der Waals surface area (Å²) in [6.45, 7) is 5.60. The molecular weight excluding hydrogens is 257 g/mol. The van der Waals surface area contributed by atoms with Crippen LogP contribution in [0.25, 0.3) is 0 Å². The molecule has 0 bridgehead atoms. The molecule has 0 aliphatic carbocycles. The summed E-state index contributed by atoms with van der Waals surface area (Å²) in [4.78, 5) is 18.2. The van der Waals surface area contributed by atoms with E-state index in [1.165, 1.54) is 11.8 Å². The van der Waals surface area contributed by atoms with Crippen molar-refractivity contribution in [2.24, 2.45) is 0 Å². The smallest absolute Gasteiger partial charge is 0.243 e. The minimum atomic E-state index is -3.21. The third kappa shape index (κ3) is 6.28. The summed E-state index contributed by atoms with van der Waals surface area (Å²) in [5, 5.41) is 8.91. The van der Waals surface area contributed by atoms with Gasteiger partial charge in [-0.1, -0.05) is 18.3 Å². The monoisotopic (exact) mass is 271 g/mol. The first-order valence-corrected chi connectivity index (χ1v) is 9.12. The second-order valence-electron chi connectivity index (χ2n) is 2.98. The number of rotatable bonds is 5. The predicted molar refractivity (Wildman–Crippen MR) is 67.7 cm³/mol. The molecule has 14 heavy (non-hydrogen) atoms. The lowest BCUT2D eigenvalue weighted by Gasteiger charge is -2.23. The van der Waals surface area contributed by atoms with E-state index in [0.717, 1.165) is 17.8 Å². The van der Waals surface area contributed by atoms with Crippen molar-refractivity contribution in [2.45, 2.75) is 36.5 Å². The summed E-state index contributed by atoms with van der Waals surface area (Å²) >= 11 is 6.89. The molecule has 0 heterocycles. The Balaban J connectivity index is 4.26. The van der Waals surface area contributed by atoms with Gasteiger partial charge in [0.05, 0.1) is 10.7 Å². The maximum atomic E-state index is 9.08. The van der Waals surface area contributed by atoms with Gasteiger partial charge in [-0.15, -0.1) is 11.8 Å². The van der Waals surface area contributed by atoms with E-state index in [4.69, 9.17) is 15.0 Å². The lowest BCUT2D eigenvalue weighted by molar-refractivity contribution is 0.502. The van der Waals surface area contributed by atoms with Crippen LogP contribution >= 0.6 is 28.8 Å². The molecule has 2 N–H and O–H groups in total. The van der Waals surface area contributed by atoms with Gasteiger partial charge in [-0.2, -0.15) is 5.26 Å². The Labute approximate surface area is 98.2 Å². The minimum Gasteiger partial charge on any atom is -0.338 e. The van der Waals surface area contributed by atoms with E-state index in [-0.39, 0.29) is 4.58 Å². The zero-order valence-corrected chi connectivity index (χ0v) is 11.6. The molecule has 0 aromatic rings. The Hall–Kier alpha value is 0.760. The number of nitrogens with zero attached hydrogens (tertiary/aromatic N) is 1. The maximum Gasteiger partial charge on any atom is 0.243 e. The minimum absolute atomic E-state index is 0.0829. The van der Waals surface area contributed by atoms with E-state index in [1.807, 2.05) is 20.8 Å². The molecule has 0 aliphatic heterocycles. The normalized spacial score (nSPS) is 18.3. The number of hydrogen-bond donors (Lipinski definition) is 2. The van der Waals surface area contributed by atoms with Crippen LogP contribution in [0.15, 0.2) is 0 Å². The van der Waals surface area contributed by atoms with Crippen LogP contribution in [0.2, 0.25) is 0 Å². The van der Waals surface area contributed by atoms with Crippen molar-refractivity contribution in [2.75, 3.05) is 0 Å². The maximum absolute atomic E-state index is 9.08. The highest BCUT2D eigenvalue weighted by Crippen LogP contribution is 2.56. The van der Waals surface area contributed by atoms with Crippen molar-refractivity contribution in [3.05, 3.63) is 0 Å².